The molecule has 0 radical (unpaired) electrons. The molecule has 4 nitrogen and oxygen atoms in total. The molecule has 0 aliphatic rings. The molecule has 1 aromatic heterocycles. The summed E-state index contributed by atoms with van der Waals surface area (Å²) in [4.78, 5) is 15.4. The standard InChI is InChI=1S/C4H5N3OS.ClH/c5-2-1-3(8)7-4(9)6-2;/h1H,(H4,5,6,7,8,9);1H. The van der Waals surface area contributed by atoms with Crippen LogP contribution in [0, 0.1) is 4.77 Å². The van der Waals surface area contributed by atoms with Crippen LogP contribution in [0.25, 0.3) is 0 Å². The summed E-state index contributed by atoms with van der Waals surface area (Å²) in [6.07, 6.45) is 0. The number of hydrogen-bond donors (Lipinski definition) is 3. The molecule has 0 atom stereocenters. The molecule has 56 valence electrons. The van der Waals surface area contributed by atoms with E-state index in [1.54, 1.807) is 0 Å². The second-order valence-electron chi connectivity index (χ2n) is 1.54. The van der Waals surface area contributed by atoms with Gasteiger partial charge >= 0.3 is 0 Å². The van der Waals surface area contributed by atoms with E-state index >= 15 is 0 Å². The van der Waals surface area contributed by atoms with Gasteiger partial charge in [0, 0.05) is 6.07 Å². The predicted octanol–water partition coefficient (Wildman–Crippen LogP) is 0.436. The fraction of sp³-hybridized carbons (Fsp3) is 0. The second kappa shape index (κ2) is 3.38. The highest BCUT2D eigenvalue weighted by molar-refractivity contribution is 7.71. The molecule has 0 bridgehead atoms. The molecule has 4 N–H and O–H groups in total. The Labute approximate surface area is 67.9 Å². The number of nitrogen functional groups attached to an aromatic ring is 1. The van der Waals surface area contributed by atoms with E-state index in [1.165, 1.54) is 6.07 Å². The molecule has 0 saturated heterocycles. The maximum Gasteiger partial charge on any atom is 0.253 e. The van der Waals surface area contributed by atoms with Gasteiger partial charge in [-0.1, -0.05) is 0 Å². The maximum atomic E-state index is 10.5. The number of nitrogens with one attached hydrogen (secondary N) is 2. The normalized spacial score (nSPS) is 8.40. The van der Waals surface area contributed by atoms with E-state index < -0.39 is 0 Å². The molecule has 1 heterocycles. The average molecular weight is 180 g/mol. The monoisotopic (exact) mass is 179 g/mol. The van der Waals surface area contributed by atoms with Gasteiger partial charge in [-0.15, -0.1) is 12.4 Å². The van der Waals surface area contributed by atoms with Crippen molar-refractivity contribution in [2.24, 2.45) is 0 Å². The Morgan fingerprint density at radius 3 is 2.50 bits per heavy atom. The molecule has 0 unspecified atom stereocenters. The molecule has 0 fully saturated rings. The van der Waals surface area contributed by atoms with Crippen molar-refractivity contribution in [1.29, 1.82) is 0 Å². The zero-order valence-electron chi connectivity index (χ0n) is 4.88. The van der Waals surface area contributed by atoms with Gasteiger partial charge in [-0.2, -0.15) is 0 Å². The molecule has 6 heteroatoms. The lowest BCUT2D eigenvalue weighted by molar-refractivity contribution is 1.10. The molecule has 1 rings (SSSR count). The van der Waals surface area contributed by atoms with E-state index in [0.29, 0.717) is 0 Å². The number of aromatic amines is 2. The Morgan fingerprint density at radius 2 is 2.10 bits per heavy atom. The summed E-state index contributed by atoms with van der Waals surface area (Å²) in [5.41, 5.74) is 4.94. The number of aromatic nitrogens is 2. The van der Waals surface area contributed by atoms with Crippen molar-refractivity contribution in [3.05, 3.63) is 21.2 Å². The molecule has 0 saturated carbocycles. The van der Waals surface area contributed by atoms with Crippen molar-refractivity contribution in [1.82, 2.24) is 9.97 Å². The van der Waals surface area contributed by atoms with Gasteiger partial charge in [-0.05, 0) is 12.2 Å². The number of rotatable bonds is 0. The van der Waals surface area contributed by atoms with Crippen molar-refractivity contribution in [2.75, 3.05) is 5.73 Å². The fourth-order valence-corrected chi connectivity index (χ4v) is 0.706. The van der Waals surface area contributed by atoms with Crippen molar-refractivity contribution in [3.8, 4) is 0 Å². The van der Waals surface area contributed by atoms with E-state index in [0.717, 1.165) is 0 Å². The zero-order valence-corrected chi connectivity index (χ0v) is 6.51. The van der Waals surface area contributed by atoms with E-state index in [2.05, 4.69) is 22.2 Å². The minimum Gasteiger partial charge on any atom is -0.385 e. The predicted molar refractivity (Wildman–Crippen MR) is 43.9 cm³/mol. The first-order valence-corrected chi connectivity index (χ1v) is 2.68. The number of nitrogens with two attached hydrogens (primary N) is 1. The fourth-order valence-electron chi connectivity index (χ4n) is 0.488. The molecule has 0 aliphatic carbocycles. The zero-order chi connectivity index (χ0) is 6.85. The van der Waals surface area contributed by atoms with E-state index in [4.69, 9.17) is 5.73 Å². The summed E-state index contributed by atoms with van der Waals surface area (Å²) < 4.78 is 0.250. The largest absolute Gasteiger partial charge is 0.385 e. The van der Waals surface area contributed by atoms with E-state index in [1.807, 2.05) is 0 Å². The van der Waals surface area contributed by atoms with Crippen LogP contribution in [0.4, 0.5) is 5.82 Å². The lowest BCUT2D eigenvalue weighted by Crippen LogP contribution is -2.07. The van der Waals surface area contributed by atoms with E-state index in [9.17, 15) is 4.79 Å². The maximum absolute atomic E-state index is 10.5. The van der Waals surface area contributed by atoms with Crippen LogP contribution in [0.2, 0.25) is 0 Å². The number of H-pyrrole nitrogens is 2. The third-order valence-corrected chi connectivity index (χ3v) is 0.985. The first kappa shape index (κ1) is 9.19. The van der Waals surface area contributed by atoms with Crippen LogP contribution in [0.15, 0.2) is 10.9 Å². The second-order valence-corrected chi connectivity index (χ2v) is 1.95. The summed E-state index contributed by atoms with van der Waals surface area (Å²) in [7, 11) is 0. The first-order chi connectivity index (χ1) is 4.18. The van der Waals surface area contributed by atoms with Crippen molar-refractivity contribution >= 4 is 30.4 Å². The minimum atomic E-state index is -0.281. The van der Waals surface area contributed by atoms with Gasteiger partial charge in [-0.25, -0.2) is 0 Å². The van der Waals surface area contributed by atoms with Crippen LogP contribution >= 0.6 is 24.6 Å². The van der Waals surface area contributed by atoms with Crippen molar-refractivity contribution < 1.29 is 0 Å². The molecule has 10 heavy (non-hydrogen) atoms. The third-order valence-electron chi connectivity index (χ3n) is 0.781. The smallest absolute Gasteiger partial charge is 0.253 e. The topological polar surface area (TPSA) is 74.7 Å². The SMILES string of the molecule is Cl.Nc1cc(=O)[nH]c(=S)[nH]1. The van der Waals surface area contributed by atoms with Crippen LogP contribution in [-0.2, 0) is 0 Å². The summed E-state index contributed by atoms with van der Waals surface area (Å²) in [6.45, 7) is 0. The van der Waals surface area contributed by atoms with Crippen LogP contribution in [0.1, 0.15) is 0 Å². The molecular formula is C4H6ClN3OS. The quantitative estimate of drug-likeness (QED) is 0.506. The van der Waals surface area contributed by atoms with Gasteiger partial charge in [0.15, 0.2) is 4.77 Å². The van der Waals surface area contributed by atoms with Crippen LogP contribution in [0.3, 0.4) is 0 Å². The Balaban J connectivity index is 0.000000810. The van der Waals surface area contributed by atoms with Crippen LogP contribution in [-0.4, -0.2) is 9.97 Å². The number of anilines is 1. The molecule has 0 aromatic carbocycles. The molecule has 0 aliphatic heterocycles. The lowest BCUT2D eigenvalue weighted by atomic mass is 10.6. The average Bonchev–Trinajstić information content (AvgIpc) is 1.59. The Hall–Kier alpha value is -0.810. The lowest BCUT2D eigenvalue weighted by Gasteiger charge is -1.87. The van der Waals surface area contributed by atoms with Crippen LogP contribution < -0.4 is 11.3 Å². The highest BCUT2D eigenvalue weighted by atomic mass is 35.5. The summed E-state index contributed by atoms with van der Waals surface area (Å²) in [6, 6.07) is 1.23. The number of hydrogen-bond acceptors (Lipinski definition) is 3. The highest BCUT2D eigenvalue weighted by Crippen LogP contribution is 1.84. The van der Waals surface area contributed by atoms with Gasteiger partial charge in [0.05, 0.1) is 0 Å². The summed E-state index contributed by atoms with van der Waals surface area (Å²) in [5.74, 6) is 0.281. The van der Waals surface area contributed by atoms with Gasteiger partial charge < -0.3 is 10.7 Å². The highest BCUT2D eigenvalue weighted by Gasteiger charge is 1.84. The van der Waals surface area contributed by atoms with Crippen LogP contribution in [0.5, 0.6) is 0 Å². The summed E-state index contributed by atoms with van der Waals surface area (Å²) >= 11 is 4.60. The van der Waals surface area contributed by atoms with Crippen molar-refractivity contribution in [3.63, 3.8) is 0 Å². The van der Waals surface area contributed by atoms with Gasteiger partial charge in [0.2, 0.25) is 0 Å². The van der Waals surface area contributed by atoms with Gasteiger partial charge in [-0.3, -0.25) is 9.78 Å². The van der Waals surface area contributed by atoms with Crippen molar-refractivity contribution in [2.45, 2.75) is 0 Å². The first-order valence-electron chi connectivity index (χ1n) is 2.27. The molecular weight excluding hydrogens is 174 g/mol. The Morgan fingerprint density at radius 1 is 1.50 bits per heavy atom. The van der Waals surface area contributed by atoms with Gasteiger partial charge in [0.1, 0.15) is 5.82 Å². The van der Waals surface area contributed by atoms with Gasteiger partial charge in [0.25, 0.3) is 5.56 Å². The summed E-state index contributed by atoms with van der Waals surface area (Å²) in [5, 5.41) is 0. The minimum absolute atomic E-state index is 0. The molecule has 0 amide bonds. The van der Waals surface area contributed by atoms with E-state index in [-0.39, 0.29) is 28.6 Å². The third kappa shape index (κ3) is 2.20. The molecule has 0 spiro atoms. The molecule has 1 aromatic rings. The number of halogens is 1. The Kier molecular flexibility index (Phi) is 3.11. The Bertz CT molecular complexity index is 289.